The smallest absolute Gasteiger partial charge is 0.305 e. The average Bonchev–Trinajstić information content (AvgIpc) is 3.06. The van der Waals surface area contributed by atoms with Crippen molar-refractivity contribution in [2.24, 2.45) is 10.7 Å². The van der Waals surface area contributed by atoms with Crippen LogP contribution in [-0.4, -0.2) is 43.6 Å². The number of hydrogen-bond acceptors (Lipinski definition) is 3. The molecule has 0 unspecified atom stereocenters. The van der Waals surface area contributed by atoms with Crippen LogP contribution in [0.3, 0.4) is 0 Å². The predicted octanol–water partition coefficient (Wildman–Crippen LogP) is 0.348. The van der Waals surface area contributed by atoms with Crippen molar-refractivity contribution in [3.05, 3.63) is 0 Å². The summed E-state index contributed by atoms with van der Waals surface area (Å²) in [5, 5.41) is 0. The number of nitrogens with zero attached hydrogens (tertiary/aromatic N) is 2. The highest BCUT2D eigenvalue weighted by Gasteiger charge is 2.27. The van der Waals surface area contributed by atoms with Crippen LogP contribution >= 0.6 is 0 Å². The lowest BCUT2D eigenvalue weighted by atomic mass is 10.3. The molecule has 0 aromatic rings. The van der Waals surface area contributed by atoms with Crippen LogP contribution in [0.4, 0.5) is 0 Å². The Morgan fingerprint density at radius 1 is 1.60 bits per heavy atom. The molecule has 1 aliphatic carbocycles. The van der Waals surface area contributed by atoms with Gasteiger partial charge in [0.25, 0.3) is 0 Å². The van der Waals surface area contributed by atoms with Gasteiger partial charge in [-0.3, -0.25) is 9.79 Å². The first kappa shape index (κ1) is 11.8. The third-order valence-corrected chi connectivity index (χ3v) is 2.50. The molecule has 0 atom stereocenters. The molecule has 5 nitrogen and oxygen atoms in total. The van der Waals surface area contributed by atoms with E-state index in [0.29, 0.717) is 31.4 Å². The summed E-state index contributed by atoms with van der Waals surface area (Å²) in [6.07, 6.45) is 3.50. The van der Waals surface area contributed by atoms with Crippen molar-refractivity contribution in [1.29, 1.82) is 0 Å². The maximum atomic E-state index is 10.8. The Bertz CT molecular complexity index is 249. The normalized spacial score (nSPS) is 16.3. The number of carbonyl (C=O) groups is 1. The lowest BCUT2D eigenvalue weighted by Gasteiger charge is -2.16. The Morgan fingerprint density at radius 2 is 2.27 bits per heavy atom. The summed E-state index contributed by atoms with van der Waals surface area (Å²) in [5.74, 6) is 0.377. The molecular weight excluding hydrogens is 194 g/mol. The van der Waals surface area contributed by atoms with E-state index >= 15 is 0 Å². The van der Waals surface area contributed by atoms with Crippen molar-refractivity contribution in [2.75, 3.05) is 20.7 Å². The summed E-state index contributed by atoms with van der Waals surface area (Å²) in [6.45, 7) is 0.581. The van der Waals surface area contributed by atoms with Gasteiger partial charge in [0.2, 0.25) is 0 Å². The molecule has 0 aromatic heterocycles. The van der Waals surface area contributed by atoms with Crippen LogP contribution in [0.15, 0.2) is 4.99 Å². The minimum Gasteiger partial charge on any atom is -0.469 e. The highest BCUT2D eigenvalue weighted by Crippen LogP contribution is 2.24. The number of nitrogens with two attached hydrogens (primary N) is 1. The van der Waals surface area contributed by atoms with Gasteiger partial charge in [-0.05, 0) is 19.3 Å². The molecule has 86 valence electrons. The van der Waals surface area contributed by atoms with Crippen LogP contribution in [0.1, 0.15) is 25.7 Å². The fourth-order valence-electron chi connectivity index (χ4n) is 1.28. The fraction of sp³-hybridized carbons (Fsp3) is 0.800. The number of carbonyl (C=O) groups excluding carboxylic acids is 1. The van der Waals surface area contributed by atoms with Gasteiger partial charge in [-0.2, -0.15) is 0 Å². The van der Waals surface area contributed by atoms with E-state index < -0.39 is 0 Å². The van der Waals surface area contributed by atoms with Crippen molar-refractivity contribution in [1.82, 2.24) is 4.90 Å². The first-order valence-corrected chi connectivity index (χ1v) is 5.24. The summed E-state index contributed by atoms with van der Waals surface area (Å²) in [5.41, 5.74) is 5.77. The van der Waals surface area contributed by atoms with Gasteiger partial charge >= 0.3 is 5.97 Å². The third-order valence-electron chi connectivity index (χ3n) is 2.50. The Morgan fingerprint density at radius 3 is 2.80 bits per heavy atom. The summed E-state index contributed by atoms with van der Waals surface area (Å²) in [7, 11) is 3.34. The van der Waals surface area contributed by atoms with Crippen LogP contribution in [0, 0.1) is 0 Å². The quantitative estimate of drug-likeness (QED) is 0.310. The Balaban J connectivity index is 2.15. The van der Waals surface area contributed by atoms with Gasteiger partial charge in [-0.25, -0.2) is 0 Å². The van der Waals surface area contributed by atoms with Gasteiger partial charge in [-0.15, -0.1) is 0 Å². The first-order chi connectivity index (χ1) is 7.15. The van der Waals surface area contributed by atoms with Crippen molar-refractivity contribution in [3.8, 4) is 0 Å². The third kappa shape index (κ3) is 4.18. The SMILES string of the molecule is COC(=O)CCCN=C(N)N(C)C1CC1. The molecule has 0 aliphatic heterocycles. The van der Waals surface area contributed by atoms with Gasteiger partial charge in [0.05, 0.1) is 7.11 Å². The molecule has 1 saturated carbocycles. The molecule has 0 bridgehead atoms. The monoisotopic (exact) mass is 213 g/mol. The zero-order valence-corrected chi connectivity index (χ0v) is 9.40. The van der Waals surface area contributed by atoms with E-state index in [9.17, 15) is 4.79 Å². The zero-order valence-electron chi connectivity index (χ0n) is 9.40. The van der Waals surface area contributed by atoms with E-state index in [0.717, 1.165) is 0 Å². The average molecular weight is 213 g/mol. The van der Waals surface area contributed by atoms with E-state index in [4.69, 9.17) is 5.73 Å². The number of ether oxygens (including phenoxy) is 1. The number of guanidine groups is 1. The second-order valence-electron chi connectivity index (χ2n) is 3.76. The zero-order chi connectivity index (χ0) is 11.3. The summed E-state index contributed by atoms with van der Waals surface area (Å²) >= 11 is 0. The summed E-state index contributed by atoms with van der Waals surface area (Å²) in [6, 6.07) is 0.578. The van der Waals surface area contributed by atoms with Crippen molar-refractivity contribution < 1.29 is 9.53 Å². The highest BCUT2D eigenvalue weighted by molar-refractivity contribution is 5.78. The van der Waals surface area contributed by atoms with Crippen molar-refractivity contribution in [2.45, 2.75) is 31.7 Å². The largest absolute Gasteiger partial charge is 0.469 e. The van der Waals surface area contributed by atoms with Crippen LogP contribution in [0.25, 0.3) is 0 Å². The topological polar surface area (TPSA) is 67.9 Å². The Labute approximate surface area is 90.3 Å². The molecule has 1 fully saturated rings. The maximum Gasteiger partial charge on any atom is 0.305 e. The minimum absolute atomic E-state index is 0.195. The highest BCUT2D eigenvalue weighted by atomic mass is 16.5. The minimum atomic E-state index is -0.195. The molecule has 0 spiro atoms. The van der Waals surface area contributed by atoms with Crippen LogP contribution in [0.2, 0.25) is 0 Å². The van der Waals surface area contributed by atoms with Gasteiger partial charge < -0.3 is 15.4 Å². The lowest BCUT2D eigenvalue weighted by Crippen LogP contribution is -2.35. The van der Waals surface area contributed by atoms with E-state index in [1.54, 1.807) is 0 Å². The molecule has 0 heterocycles. The number of methoxy groups -OCH3 is 1. The Hall–Kier alpha value is -1.26. The van der Waals surface area contributed by atoms with Crippen LogP contribution < -0.4 is 5.73 Å². The van der Waals surface area contributed by atoms with Crippen molar-refractivity contribution in [3.63, 3.8) is 0 Å². The second kappa shape index (κ2) is 5.58. The van der Waals surface area contributed by atoms with Crippen LogP contribution in [0.5, 0.6) is 0 Å². The number of aliphatic imine (C=N–C) groups is 1. The van der Waals surface area contributed by atoms with E-state index in [-0.39, 0.29) is 5.97 Å². The molecule has 2 N–H and O–H groups in total. The molecule has 5 heteroatoms. The second-order valence-corrected chi connectivity index (χ2v) is 3.76. The fourth-order valence-corrected chi connectivity index (χ4v) is 1.28. The lowest BCUT2D eigenvalue weighted by molar-refractivity contribution is -0.140. The van der Waals surface area contributed by atoms with Gasteiger partial charge in [0.15, 0.2) is 5.96 Å². The molecule has 15 heavy (non-hydrogen) atoms. The van der Waals surface area contributed by atoms with Gasteiger partial charge in [0.1, 0.15) is 0 Å². The molecule has 0 saturated heterocycles. The first-order valence-electron chi connectivity index (χ1n) is 5.24. The standard InChI is InChI=1S/C10H19N3O2/c1-13(8-5-6-8)10(11)12-7-3-4-9(14)15-2/h8H,3-7H2,1-2H3,(H2,11,12). The summed E-state index contributed by atoms with van der Waals surface area (Å²) < 4.78 is 4.52. The van der Waals surface area contributed by atoms with Crippen LogP contribution in [-0.2, 0) is 9.53 Å². The van der Waals surface area contributed by atoms with E-state index in [2.05, 4.69) is 9.73 Å². The molecule has 1 aliphatic rings. The number of esters is 1. The van der Waals surface area contributed by atoms with Gasteiger partial charge in [0, 0.05) is 26.1 Å². The summed E-state index contributed by atoms with van der Waals surface area (Å²) in [4.78, 5) is 17.0. The molecule has 0 aromatic carbocycles. The molecule has 1 rings (SSSR count). The molecule has 0 radical (unpaired) electrons. The molecular formula is C10H19N3O2. The van der Waals surface area contributed by atoms with E-state index in [1.165, 1.54) is 20.0 Å². The molecule has 0 amide bonds. The number of hydrogen-bond donors (Lipinski definition) is 1. The number of rotatable bonds is 5. The predicted molar refractivity (Wildman–Crippen MR) is 58.5 cm³/mol. The Kier molecular flexibility index (Phi) is 4.39. The van der Waals surface area contributed by atoms with Gasteiger partial charge in [-0.1, -0.05) is 0 Å². The van der Waals surface area contributed by atoms with Crippen molar-refractivity contribution >= 4 is 11.9 Å². The maximum absolute atomic E-state index is 10.8. The van der Waals surface area contributed by atoms with E-state index in [1.807, 2.05) is 11.9 Å².